The lowest BCUT2D eigenvalue weighted by Crippen LogP contribution is -2.29. The van der Waals surface area contributed by atoms with Gasteiger partial charge >= 0.3 is 0 Å². The van der Waals surface area contributed by atoms with Crippen LogP contribution in [0.15, 0.2) is 39.9 Å². The molecule has 32 heavy (non-hydrogen) atoms. The Bertz CT molecular complexity index is 1370. The number of rotatable bonds is 5. The van der Waals surface area contributed by atoms with Crippen molar-refractivity contribution in [1.29, 1.82) is 0 Å². The summed E-state index contributed by atoms with van der Waals surface area (Å²) in [5.41, 5.74) is 7.59. The van der Waals surface area contributed by atoms with Crippen molar-refractivity contribution in [2.45, 2.75) is 31.9 Å². The van der Waals surface area contributed by atoms with Crippen LogP contribution in [0.25, 0.3) is 11.0 Å². The molecule has 4 aromatic rings. The Balaban J connectivity index is 1.38. The second-order valence-corrected chi connectivity index (χ2v) is 7.94. The van der Waals surface area contributed by atoms with Gasteiger partial charge in [0.2, 0.25) is 5.89 Å². The molecule has 1 fully saturated rings. The van der Waals surface area contributed by atoms with Crippen LogP contribution in [0, 0.1) is 6.92 Å². The standard InChI is InChI=1S/C21H21N7O4/c1-11-3-5-12(6-4-11)14-7-13(9-31-14)20-24-15(32-26-20)8-28-21(30)18-16(23-10-27(18)2)17(25-28)19(22)29/h3-6,10,13-14H,7-9H2,1-2H3,(H2,22,29)/t13-,14+/m0/s1. The van der Waals surface area contributed by atoms with Gasteiger partial charge in [-0.1, -0.05) is 35.0 Å². The number of aryl methyl sites for hydroxylation is 2. The van der Waals surface area contributed by atoms with Crippen LogP contribution in [-0.2, 0) is 18.3 Å². The topological polar surface area (TPSA) is 144 Å². The monoisotopic (exact) mass is 435 g/mol. The van der Waals surface area contributed by atoms with Crippen LogP contribution in [-0.4, -0.2) is 42.0 Å². The summed E-state index contributed by atoms with van der Waals surface area (Å²) >= 11 is 0. The molecule has 11 heteroatoms. The van der Waals surface area contributed by atoms with E-state index >= 15 is 0 Å². The second kappa shape index (κ2) is 7.68. The van der Waals surface area contributed by atoms with E-state index in [2.05, 4.69) is 44.5 Å². The lowest BCUT2D eigenvalue weighted by atomic mass is 9.99. The third-order valence-corrected chi connectivity index (χ3v) is 5.63. The van der Waals surface area contributed by atoms with E-state index in [9.17, 15) is 9.59 Å². The summed E-state index contributed by atoms with van der Waals surface area (Å²) in [6.45, 7) is 2.42. The van der Waals surface area contributed by atoms with E-state index in [1.807, 2.05) is 6.92 Å². The lowest BCUT2D eigenvalue weighted by molar-refractivity contribution is 0.0994. The minimum absolute atomic E-state index is 0.0239. The summed E-state index contributed by atoms with van der Waals surface area (Å²) in [6, 6.07) is 8.24. The summed E-state index contributed by atoms with van der Waals surface area (Å²) in [5.74, 6) is -0.0899. The number of nitrogens with two attached hydrogens (primary N) is 1. The molecule has 2 N–H and O–H groups in total. The Morgan fingerprint density at radius 1 is 1.28 bits per heavy atom. The molecule has 1 aromatic carbocycles. The van der Waals surface area contributed by atoms with Crippen molar-refractivity contribution in [3.63, 3.8) is 0 Å². The molecule has 11 nitrogen and oxygen atoms in total. The number of carbonyl (C=O) groups is 1. The summed E-state index contributed by atoms with van der Waals surface area (Å²) < 4.78 is 13.9. The molecule has 5 rings (SSSR count). The van der Waals surface area contributed by atoms with Gasteiger partial charge < -0.3 is 19.6 Å². The van der Waals surface area contributed by atoms with Gasteiger partial charge in [-0.3, -0.25) is 9.59 Å². The minimum atomic E-state index is -0.779. The number of hydrogen-bond donors (Lipinski definition) is 1. The quantitative estimate of drug-likeness (QED) is 0.493. The Labute approximate surface area is 181 Å². The van der Waals surface area contributed by atoms with Crippen molar-refractivity contribution in [2.75, 3.05) is 6.61 Å². The highest BCUT2D eigenvalue weighted by atomic mass is 16.5. The molecule has 2 atom stereocenters. The number of carbonyl (C=O) groups excluding carboxylic acids is 1. The molecule has 1 aliphatic rings. The number of aromatic nitrogens is 6. The minimum Gasteiger partial charge on any atom is -0.373 e. The van der Waals surface area contributed by atoms with E-state index in [-0.39, 0.29) is 41.2 Å². The van der Waals surface area contributed by atoms with Crippen LogP contribution in [0.1, 0.15) is 51.8 Å². The zero-order chi connectivity index (χ0) is 22.4. The molecule has 0 spiro atoms. The normalized spacial score (nSPS) is 18.4. The maximum Gasteiger partial charge on any atom is 0.293 e. The fourth-order valence-corrected chi connectivity index (χ4v) is 3.91. The maximum absolute atomic E-state index is 12.9. The molecule has 0 bridgehead atoms. The predicted molar refractivity (Wildman–Crippen MR) is 112 cm³/mol. The molecule has 4 heterocycles. The number of hydrogen-bond acceptors (Lipinski definition) is 8. The van der Waals surface area contributed by atoms with Gasteiger partial charge in [-0.25, -0.2) is 9.67 Å². The summed E-state index contributed by atoms with van der Waals surface area (Å²) in [4.78, 5) is 33.2. The first kappa shape index (κ1) is 20.1. The van der Waals surface area contributed by atoms with Crippen LogP contribution in [0.2, 0.25) is 0 Å². The zero-order valence-electron chi connectivity index (χ0n) is 17.6. The van der Waals surface area contributed by atoms with E-state index in [0.717, 1.165) is 16.7 Å². The predicted octanol–water partition coefficient (Wildman–Crippen LogP) is 1.21. The summed E-state index contributed by atoms with van der Waals surface area (Å²) in [6.07, 6.45) is 2.13. The van der Waals surface area contributed by atoms with Gasteiger partial charge in [-0.2, -0.15) is 10.1 Å². The Morgan fingerprint density at radius 2 is 2.06 bits per heavy atom. The SMILES string of the molecule is Cc1ccc([C@H]2C[C@H](c3noc(Cn4nc(C(N)=O)c5ncn(C)c5c4=O)n3)CO2)cc1. The molecule has 0 aliphatic carbocycles. The number of fused-ring (bicyclic) bond motifs is 1. The maximum atomic E-state index is 12.9. The van der Waals surface area contributed by atoms with Crippen molar-refractivity contribution in [3.8, 4) is 0 Å². The van der Waals surface area contributed by atoms with E-state index < -0.39 is 11.5 Å². The van der Waals surface area contributed by atoms with Crippen molar-refractivity contribution in [2.24, 2.45) is 12.8 Å². The molecular formula is C21H21N7O4. The first-order valence-electron chi connectivity index (χ1n) is 10.1. The molecule has 1 amide bonds. The van der Waals surface area contributed by atoms with E-state index in [0.29, 0.717) is 12.4 Å². The Kier molecular flexibility index (Phi) is 4.82. The fraction of sp³-hybridized carbons (Fsp3) is 0.333. The highest BCUT2D eigenvalue weighted by Gasteiger charge is 2.31. The van der Waals surface area contributed by atoms with Crippen molar-refractivity contribution in [1.82, 2.24) is 29.5 Å². The van der Waals surface area contributed by atoms with E-state index in [1.165, 1.54) is 16.5 Å². The number of ether oxygens (including phenoxy) is 1. The average Bonchev–Trinajstić information content (AvgIpc) is 3.50. The third-order valence-electron chi connectivity index (χ3n) is 5.63. The van der Waals surface area contributed by atoms with Gasteiger partial charge in [0, 0.05) is 13.0 Å². The Hall–Kier alpha value is -3.86. The van der Waals surface area contributed by atoms with Gasteiger partial charge in [-0.15, -0.1) is 0 Å². The van der Waals surface area contributed by atoms with Crippen LogP contribution in [0.3, 0.4) is 0 Å². The Morgan fingerprint density at radius 3 is 2.81 bits per heavy atom. The van der Waals surface area contributed by atoms with Crippen LogP contribution in [0.5, 0.6) is 0 Å². The van der Waals surface area contributed by atoms with E-state index in [4.69, 9.17) is 15.0 Å². The van der Waals surface area contributed by atoms with Gasteiger partial charge in [-0.05, 0) is 18.9 Å². The summed E-state index contributed by atoms with van der Waals surface area (Å²) in [7, 11) is 1.65. The molecule has 1 aliphatic heterocycles. The van der Waals surface area contributed by atoms with Crippen LogP contribution < -0.4 is 11.3 Å². The molecule has 0 saturated carbocycles. The number of primary amides is 1. The smallest absolute Gasteiger partial charge is 0.293 e. The molecular weight excluding hydrogens is 414 g/mol. The van der Waals surface area contributed by atoms with Crippen molar-refractivity contribution in [3.05, 3.63) is 69.5 Å². The number of nitrogens with zero attached hydrogens (tertiary/aromatic N) is 6. The van der Waals surface area contributed by atoms with Crippen molar-refractivity contribution < 1.29 is 14.1 Å². The summed E-state index contributed by atoms with van der Waals surface area (Å²) in [5, 5.41) is 8.15. The number of amides is 1. The molecule has 3 aromatic heterocycles. The third kappa shape index (κ3) is 3.46. The van der Waals surface area contributed by atoms with Crippen LogP contribution in [0.4, 0.5) is 0 Å². The van der Waals surface area contributed by atoms with Crippen LogP contribution >= 0.6 is 0 Å². The first-order chi connectivity index (χ1) is 15.4. The largest absolute Gasteiger partial charge is 0.373 e. The number of imidazole rings is 1. The average molecular weight is 435 g/mol. The molecule has 164 valence electrons. The first-order valence-corrected chi connectivity index (χ1v) is 10.1. The van der Waals surface area contributed by atoms with Gasteiger partial charge in [0.15, 0.2) is 11.5 Å². The molecule has 0 radical (unpaired) electrons. The highest BCUT2D eigenvalue weighted by Crippen LogP contribution is 2.37. The highest BCUT2D eigenvalue weighted by molar-refractivity contribution is 6.01. The van der Waals surface area contributed by atoms with Crippen molar-refractivity contribution >= 4 is 16.9 Å². The second-order valence-electron chi connectivity index (χ2n) is 7.94. The number of benzene rings is 1. The lowest BCUT2D eigenvalue weighted by Gasteiger charge is -2.09. The van der Waals surface area contributed by atoms with Gasteiger partial charge in [0.25, 0.3) is 11.5 Å². The zero-order valence-corrected chi connectivity index (χ0v) is 17.6. The molecule has 1 saturated heterocycles. The molecule has 0 unspecified atom stereocenters. The van der Waals surface area contributed by atoms with Gasteiger partial charge in [0.05, 0.1) is 19.0 Å². The van der Waals surface area contributed by atoms with Gasteiger partial charge in [0.1, 0.15) is 17.6 Å². The fourth-order valence-electron chi connectivity index (χ4n) is 3.91. The van der Waals surface area contributed by atoms with E-state index in [1.54, 1.807) is 7.05 Å².